The van der Waals surface area contributed by atoms with Crippen LogP contribution in [-0.2, 0) is 20.9 Å². The molecule has 2 heterocycles. The van der Waals surface area contributed by atoms with Crippen molar-refractivity contribution in [2.24, 2.45) is 11.3 Å². The van der Waals surface area contributed by atoms with Crippen molar-refractivity contribution in [3.63, 3.8) is 0 Å². The highest BCUT2D eigenvalue weighted by Crippen LogP contribution is 2.49. The summed E-state index contributed by atoms with van der Waals surface area (Å²) < 4.78 is 17.3. The molecule has 0 bridgehead atoms. The molecule has 2 aromatic rings. The van der Waals surface area contributed by atoms with Crippen molar-refractivity contribution in [3.05, 3.63) is 83.2 Å². The van der Waals surface area contributed by atoms with Crippen LogP contribution in [-0.4, -0.2) is 50.0 Å². The molecule has 1 fully saturated rings. The first-order valence-electron chi connectivity index (χ1n) is 13.2. The topological polar surface area (TPSA) is 77.1 Å². The summed E-state index contributed by atoms with van der Waals surface area (Å²) in [7, 11) is 1.60. The van der Waals surface area contributed by atoms with Crippen LogP contribution in [0.25, 0.3) is 0 Å². The number of carbonyl (C=O) groups is 2. The van der Waals surface area contributed by atoms with Gasteiger partial charge in [0.25, 0.3) is 0 Å². The Morgan fingerprint density at radius 1 is 1.11 bits per heavy atom. The lowest BCUT2D eigenvalue weighted by molar-refractivity contribution is -0.139. The van der Waals surface area contributed by atoms with Gasteiger partial charge in [0.2, 0.25) is 5.91 Å². The van der Waals surface area contributed by atoms with E-state index in [9.17, 15) is 9.59 Å². The fourth-order valence-electron chi connectivity index (χ4n) is 5.81. The number of morpholine rings is 1. The van der Waals surface area contributed by atoms with Gasteiger partial charge < -0.3 is 24.4 Å². The Morgan fingerprint density at radius 3 is 2.55 bits per heavy atom. The predicted octanol–water partition coefficient (Wildman–Crippen LogP) is 4.59. The van der Waals surface area contributed by atoms with Crippen LogP contribution in [0.5, 0.6) is 11.5 Å². The first kappa shape index (κ1) is 26.0. The highest BCUT2D eigenvalue weighted by atomic mass is 16.5. The van der Waals surface area contributed by atoms with Crippen LogP contribution in [0.2, 0.25) is 0 Å². The number of ether oxygens (including phenoxy) is 3. The van der Waals surface area contributed by atoms with E-state index >= 15 is 0 Å². The molecule has 2 unspecified atom stereocenters. The highest BCUT2D eigenvalue weighted by molar-refractivity contribution is 6.01. The van der Waals surface area contributed by atoms with Gasteiger partial charge in [0.05, 0.1) is 26.2 Å². The van der Waals surface area contributed by atoms with Crippen LogP contribution >= 0.6 is 0 Å². The average molecular weight is 517 g/mol. The van der Waals surface area contributed by atoms with Gasteiger partial charge in [-0.1, -0.05) is 56.8 Å². The zero-order valence-corrected chi connectivity index (χ0v) is 22.4. The summed E-state index contributed by atoms with van der Waals surface area (Å²) >= 11 is 0. The van der Waals surface area contributed by atoms with E-state index in [2.05, 4.69) is 25.7 Å². The minimum atomic E-state index is -0.613. The molecule has 7 nitrogen and oxygen atoms in total. The molecule has 2 aliphatic heterocycles. The summed E-state index contributed by atoms with van der Waals surface area (Å²) in [5, 5.41) is 3.38. The van der Waals surface area contributed by atoms with Gasteiger partial charge in [-0.05, 0) is 35.1 Å². The molecular weight excluding hydrogens is 480 g/mol. The molecule has 0 radical (unpaired) electrons. The molecule has 1 saturated heterocycles. The van der Waals surface area contributed by atoms with E-state index in [1.165, 1.54) is 0 Å². The molecule has 1 N–H and O–H groups in total. The molecule has 200 valence electrons. The number of hydrogen-bond acceptors (Lipinski definition) is 6. The smallest absolute Gasteiger partial charge is 0.232 e. The first-order chi connectivity index (χ1) is 18.3. The number of benzene rings is 2. The standard InChI is InChI=1S/C31H36N2O5/c1-20-27(30(35)33-12-14-37-15-13-33)28(29-23(32-20)17-31(2,3)18-24(29)34)22-10-11-25(26(16-22)36-4)38-19-21-8-6-5-7-9-21/h5-11,16,27-28,32H,1,12-15,17-19H2,2-4H3. The number of nitrogens with one attached hydrogen (secondary N) is 1. The fraction of sp³-hybridized carbons (Fsp3) is 0.419. The summed E-state index contributed by atoms with van der Waals surface area (Å²) in [5.74, 6) is 0.125. The van der Waals surface area contributed by atoms with Crippen LogP contribution in [0, 0.1) is 11.3 Å². The molecule has 38 heavy (non-hydrogen) atoms. The summed E-state index contributed by atoms with van der Waals surface area (Å²) in [5.41, 5.74) is 3.90. The number of nitrogens with zero attached hydrogens (tertiary/aromatic N) is 1. The van der Waals surface area contributed by atoms with Crippen molar-refractivity contribution in [2.75, 3.05) is 33.4 Å². The van der Waals surface area contributed by atoms with Crippen molar-refractivity contribution in [1.29, 1.82) is 0 Å². The van der Waals surface area contributed by atoms with Crippen LogP contribution in [0.15, 0.2) is 72.1 Å². The number of carbonyl (C=O) groups excluding carboxylic acids is 2. The first-order valence-corrected chi connectivity index (χ1v) is 13.2. The van der Waals surface area contributed by atoms with E-state index in [1.807, 2.05) is 53.4 Å². The third kappa shape index (κ3) is 5.20. The molecule has 7 heteroatoms. The molecule has 0 aromatic heterocycles. The van der Waals surface area contributed by atoms with Crippen LogP contribution in [0.3, 0.4) is 0 Å². The lowest BCUT2D eigenvalue weighted by Gasteiger charge is -2.44. The minimum Gasteiger partial charge on any atom is -0.493 e. The number of Topliss-reactive ketones (excluding diaryl/α,β-unsaturated/α-hetero) is 1. The quantitative estimate of drug-likeness (QED) is 0.605. The van der Waals surface area contributed by atoms with Crippen LogP contribution in [0.4, 0.5) is 0 Å². The SMILES string of the molecule is C=C1NC2=C(C(=O)CC(C)(C)C2)C(c2ccc(OCc3ccccc3)c(OC)c2)C1C(=O)N1CCOCC1. The molecule has 2 atom stereocenters. The molecule has 5 rings (SSSR count). The zero-order chi connectivity index (χ0) is 26.9. The highest BCUT2D eigenvalue weighted by Gasteiger charge is 2.47. The Labute approximate surface area is 224 Å². The maximum Gasteiger partial charge on any atom is 0.232 e. The molecule has 0 saturated carbocycles. The second-order valence-electron chi connectivity index (χ2n) is 11.1. The molecule has 0 spiro atoms. The van der Waals surface area contributed by atoms with E-state index in [-0.39, 0.29) is 17.1 Å². The minimum absolute atomic E-state index is 0.0386. The van der Waals surface area contributed by atoms with Crippen molar-refractivity contribution in [2.45, 2.75) is 39.2 Å². The normalized spacial score (nSPS) is 23.0. The largest absolute Gasteiger partial charge is 0.493 e. The average Bonchev–Trinajstić information content (AvgIpc) is 2.91. The molecule has 1 amide bonds. The van der Waals surface area contributed by atoms with Crippen molar-refractivity contribution >= 4 is 11.7 Å². The Morgan fingerprint density at radius 2 is 1.84 bits per heavy atom. The number of amides is 1. The maximum atomic E-state index is 13.9. The van der Waals surface area contributed by atoms with Gasteiger partial charge in [0.1, 0.15) is 6.61 Å². The van der Waals surface area contributed by atoms with Gasteiger partial charge in [0.15, 0.2) is 17.3 Å². The second kappa shape index (κ2) is 10.7. The summed E-state index contributed by atoms with van der Waals surface area (Å²) in [4.78, 5) is 29.4. The van der Waals surface area contributed by atoms with Crippen molar-refractivity contribution in [1.82, 2.24) is 10.2 Å². The van der Waals surface area contributed by atoms with Crippen LogP contribution < -0.4 is 14.8 Å². The van der Waals surface area contributed by atoms with Gasteiger partial charge in [-0.3, -0.25) is 9.59 Å². The Hall–Kier alpha value is -3.58. The Kier molecular flexibility index (Phi) is 7.30. The van der Waals surface area contributed by atoms with Crippen molar-refractivity contribution in [3.8, 4) is 11.5 Å². The fourth-order valence-corrected chi connectivity index (χ4v) is 5.81. The van der Waals surface area contributed by atoms with Crippen LogP contribution in [0.1, 0.15) is 43.7 Å². The van der Waals surface area contributed by atoms with Gasteiger partial charge in [-0.25, -0.2) is 0 Å². The second-order valence-corrected chi connectivity index (χ2v) is 11.1. The Balaban J connectivity index is 1.54. The van der Waals surface area contributed by atoms with Gasteiger partial charge >= 0.3 is 0 Å². The predicted molar refractivity (Wildman–Crippen MR) is 145 cm³/mol. The van der Waals surface area contributed by atoms with E-state index in [0.29, 0.717) is 62.1 Å². The third-order valence-electron chi connectivity index (χ3n) is 7.62. The number of rotatable bonds is 6. The third-order valence-corrected chi connectivity index (χ3v) is 7.62. The van der Waals surface area contributed by atoms with Crippen molar-refractivity contribution < 1.29 is 23.8 Å². The van der Waals surface area contributed by atoms with E-state index in [1.54, 1.807) is 7.11 Å². The maximum absolute atomic E-state index is 13.9. The number of methoxy groups -OCH3 is 1. The van der Waals surface area contributed by atoms with E-state index in [0.717, 1.165) is 23.2 Å². The Bertz CT molecular complexity index is 1260. The molecule has 2 aromatic carbocycles. The zero-order valence-electron chi connectivity index (χ0n) is 22.4. The van der Waals surface area contributed by atoms with E-state index in [4.69, 9.17) is 14.2 Å². The van der Waals surface area contributed by atoms with Gasteiger partial charge in [-0.2, -0.15) is 0 Å². The molecule has 1 aliphatic carbocycles. The molecule has 3 aliphatic rings. The molecular formula is C31H36N2O5. The summed E-state index contributed by atoms with van der Waals surface area (Å²) in [6, 6.07) is 15.7. The van der Waals surface area contributed by atoms with Gasteiger partial charge in [-0.15, -0.1) is 0 Å². The number of ketones is 1. The monoisotopic (exact) mass is 516 g/mol. The lowest BCUT2D eigenvalue weighted by Crippen LogP contribution is -2.50. The van der Waals surface area contributed by atoms with Gasteiger partial charge in [0, 0.05) is 42.4 Å². The lowest BCUT2D eigenvalue weighted by atomic mass is 9.66. The summed E-state index contributed by atoms with van der Waals surface area (Å²) in [6.07, 6.45) is 1.15. The number of allylic oxidation sites excluding steroid dienone is 2. The summed E-state index contributed by atoms with van der Waals surface area (Å²) in [6.45, 7) is 10.9. The number of hydrogen-bond donors (Lipinski definition) is 1. The van der Waals surface area contributed by atoms with E-state index < -0.39 is 11.8 Å².